The van der Waals surface area contributed by atoms with Gasteiger partial charge in [-0.1, -0.05) is 36.8 Å². The molecule has 0 bridgehead atoms. The summed E-state index contributed by atoms with van der Waals surface area (Å²) in [7, 11) is 1.34. The van der Waals surface area contributed by atoms with E-state index >= 15 is 0 Å². The zero-order valence-electron chi connectivity index (χ0n) is 7.67. The minimum Gasteiger partial charge on any atom is -0.469 e. The maximum atomic E-state index is 10.9. The van der Waals surface area contributed by atoms with Crippen molar-refractivity contribution in [2.45, 2.75) is 13.8 Å². The molecule has 1 rings (SSSR count). The summed E-state index contributed by atoms with van der Waals surface area (Å²) in [6.07, 6.45) is 0.229. The summed E-state index contributed by atoms with van der Waals surface area (Å²) in [5.74, 6) is -0.290. The zero-order chi connectivity index (χ0) is 10.4. The Hall–Kier alpha value is -2.00. The van der Waals surface area contributed by atoms with Crippen LogP contribution in [0.2, 0.25) is 0 Å². The van der Waals surface area contributed by atoms with Crippen LogP contribution in [0.15, 0.2) is 29.4 Å². The molecule has 0 unspecified atom stereocenters. The van der Waals surface area contributed by atoms with Gasteiger partial charge >= 0.3 is 5.97 Å². The first-order valence-electron chi connectivity index (χ1n) is 3.97. The molecule has 0 atom stereocenters. The molecule has 0 fully saturated rings. The number of methoxy groups -OCH3 is 1. The van der Waals surface area contributed by atoms with Gasteiger partial charge in [-0.3, -0.25) is 4.79 Å². The van der Waals surface area contributed by atoms with Gasteiger partial charge < -0.3 is 4.74 Å². The van der Waals surface area contributed by atoms with Crippen molar-refractivity contribution >= 4 is 11.7 Å². The first-order valence-corrected chi connectivity index (χ1v) is 3.97. The normalized spacial score (nSPS) is 8.33. The van der Waals surface area contributed by atoms with E-state index in [1.54, 1.807) is 24.3 Å². The number of benzene rings is 1. The largest absolute Gasteiger partial charge is 0.469 e. The van der Waals surface area contributed by atoms with E-state index in [1.165, 1.54) is 7.11 Å². The van der Waals surface area contributed by atoms with E-state index in [9.17, 15) is 4.79 Å². The lowest BCUT2D eigenvalue weighted by atomic mass is 10.1. The maximum Gasteiger partial charge on any atom is 0.309 e. The van der Waals surface area contributed by atoms with E-state index < -0.39 is 0 Å². The van der Waals surface area contributed by atoms with E-state index in [2.05, 4.69) is 14.8 Å². The van der Waals surface area contributed by atoms with Crippen molar-refractivity contribution in [3.63, 3.8) is 0 Å². The predicted octanol–water partition coefficient (Wildman–Crippen LogP) is 2.98. The summed E-state index contributed by atoms with van der Waals surface area (Å²) in [6, 6.07) is 6.75. The highest BCUT2D eigenvalue weighted by Crippen LogP contribution is 2.13. The van der Waals surface area contributed by atoms with E-state index in [4.69, 9.17) is 5.53 Å². The summed E-state index contributed by atoms with van der Waals surface area (Å²) < 4.78 is 4.51. The molecule has 80 valence electrons. The molecule has 0 N–H and O–H groups in total. The third-order valence-electron chi connectivity index (χ3n) is 1.67. The molecule has 0 aliphatic heterocycles. The van der Waals surface area contributed by atoms with Gasteiger partial charge in [-0.25, -0.2) is 0 Å². The van der Waals surface area contributed by atoms with Crippen molar-refractivity contribution in [3.05, 3.63) is 40.3 Å². The fourth-order valence-corrected chi connectivity index (χ4v) is 0.971. The maximum absolute atomic E-state index is 10.9. The molecule has 0 saturated heterocycles. The molecule has 5 nitrogen and oxygen atoms in total. The summed E-state index contributed by atoms with van der Waals surface area (Å²) in [4.78, 5) is 13.5. The highest BCUT2D eigenvalue weighted by molar-refractivity contribution is 5.72. The second-order valence-electron chi connectivity index (χ2n) is 2.61. The van der Waals surface area contributed by atoms with Gasteiger partial charge in [0.25, 0.3) is 0 Å². The Kier molecular flexibility index (Phi) is 5.59. The Bertz CT molecular complexity index is 367. The van der Waals surface area contributed by atoms with Gasteiger partial charge in [-0.2, -0.15) is 0 Å². The van der Waals surface area contributed by atoms with E-state index in [-0.39, 0.29) is 19.8 Å². The molecule has 0 aliphatic rings. The minimum absolute atomic E-state index is 0. The number of carbonyl (C=O) groups excluding carboxylic acids is 1. The average molecular weight is 207 g/mol. The second-order valence-corrected chi connectivity index (χ2v) is 2.61. The van der Waals surface area contributed by atoms with Crippen molar-refractivity contribution in [2.24, 2.45) is 5.11 Å². The van der Waals surface area contributed by atoms with Crippen LogP contribution < -0.4 is 0 Å². The van der Waals surface area contributed by atoms with Crippen LogP contribution in [0.25, 0.3) is 10.4 Å². The fourth-order valence-electron chi connectivity index (χ4n) is 0.971. The van der Waals surface area contributed by atoms with Gasteiger partial charge in [-0.15, -0.1) is 0 Å². The number of carbonyl (C=O) groups is 1. The minimum atomic E-state index is -0.290. The number of rotatable bonds is 3. The highest BCUT2D eigenvalue weighted by Gasteiger charge is 2.01. The lowest BCUT2D eigenvalue weighted by Crippen LogP contribution is -2.03. The molecule has 15 heavy (non-hydrogen) atoms. The standard InChI is InChI=1S/C9H9N3O2.CH4/c1-14-9(13)6-7-2-4-8(5-3-7)11-12-10;/h2-5H,6H2,1H3;1H4. The molecule has 0 radical (unpaired) electrons. The Morgan fingerprint density at radius 2 is 2.07 bits per heavy atom. The molecule has 0 saturated carbocycles. The number of hydrogen-bond acceptors (Lipinski definition) is 3. The fraction of sp³-hybridized carbons (Fsp3) is 0.300. The monoisotopic (exact) mass is 207 g/mol. The van der Waals surface area contributed by atoms with Gasteiger partial charge in [0.2, 0.25) is 0 Å². The van der Waals surface area contributed by atoms with Crippen LogP contribution in [-0.4, -0.2) is 13.1 Å². The molecule has 5 heteroatoms. The first kappa shape index (κ1) is 13.0. The smallest absolute Gasteiger partial charge is 0.309 e. The second kappa shape index (κ2) is 6.45. The average Bonchev–Trinajstić information content (AvgIpc) is 2.21. The molecule has 1 aromatic rings. The van der Waals surface area contributed by atoms with Crippen LogP contribution in [-0.2, 0) is 16.0 Å². The molecule has 0 aliphatic carbocycles. The number of ether oxygens (including phenoxy) is 1. The topological polar surface area (TPSA) is 75.1 Å². The zero-order valence-corrected chi connectivity index (χ0v) is 7.67. The Morgan fingerprint density at radius 1 is 1.47 bits per heavy atom. The van der Waals surface area contributed by atoms with Crippen LogP contribution in [0.5, 0.6) is 0 Å². The van der Waals surface area contributed by atoms with Crippen molar-refractivity contribution in [1.29, 1.82) is 0 Å². The van der Waals surface area contributed by atoms with Crippen molar-refractivity contribution < 1.29 is 9.53 Å². The predicted molar refractivity (Wildman–Crippen MR) is 57.7 cm³/mol. The summed E-state index contributed by atoms with van der Waals surface area (Å²) >= 11 is 0. The van der Waals surface area contributed by atoms with Crippen LogP contribution in [0.3, 0.4) is 0 Å². The molecule has 1 aromatic carbocycles. The third-order valence-corrected chi connectivity index (χ3v) is 1.67. The molecular formula is C10H13N3O2. The van der Waals surface area contributed by atoms with Gasteiger partial charge in [0.05, 0.1) is 13.5 Å². The number of esters is 1. The lowest BCUT2D eigenvalue weighted by molar-refractivity contribution is -0.139. The van der Waals surface area contributed by atoms with E-state index in [0.29, 0.717) is 5.69 Å². The Labute approximate surface area is 88.3 Å². The van der Waals surface area contributed by atoms with Crippen molar-refractivity contribution in [2.75, 3.05) is 7.11 Å². The van der Waals surface area contributed by atoms with Gasteiger partial charge in [-0.05, 0) is 11.1 Å². The Balaban J connectivity index is 0.00000196. The SMILES string of the molecule is C.COC(=O)Cc1ccc(N=[N+]=[N-])cc1. The first-order chi connectivity index (χ1) is 6.76. The number of hydrogen-bond donors (Lipinski definition) is 0. The molecule has 0 heterocycles. The quantitative estimate of drug-likeness (QED) is 0.330. The van der Waals surface area contributed by atoms with Crippen LogP contribution in [0.1, 0.15) is 13.0 Å². The van der Waals surface area contributed by atoms with Gasteiger partial charge in [0.1, 0.15) is 0 Å². The molecular weight excluding hydrogens is 194 g/mol. The lowest BCUT2D eigenvalue weighted by Gasteiger charge is -1.99. The Morgan fingerprint density at radius 3 is 2.53 bits per heavy atom. The highest BCUT2D eigenvalue weighted by atomic mass is 16.5. The van der Waals surface area contributed by atoms with Gasteiger partial charge in [0.15, 0.2) is 0 Å². The summed E-state index contributed by atoms with van der Waals surface area (Å²) in [5, 5.41) is 3.41. The summed E-state index contributed by atoms with van der Waals surface area (Å²) in [6.45, 7) is 0. The van der Waals surface area contributed by atoms with Crippen molar-refractivity contribution in [3.8, 4) is 0 Å². The molecule has 0 aromatic heterocycles. The van der Waals surface area contributed by atoms with Crippen LogP contribution in [0.4, 0.5) is 5.69 Å². The van der Waals surface area contributed by atoms with Gasteiger partial charge in [0, 0.05) is 10.6 Å². The van der Waals surface area contributed by atoms with E-state index in [0.717, 1.165) is 5.56 Å². The summed E-state index contributed by atoms with van der Waals surface area (Å²) in [5.41, 5.74) is 9.51. The molecule has 0 spiro atoms. The number of nitrogens with zero attached hydrogens (tertiary/aromatic N) is 3. The van der Waals surface area contributed by atoms with Crippen LogP contribution >= 0.6 is 0 Å². The number of azide groups is 1. The van der Waals surface area contributed by atoms with E-state index in [1.807, 2.05) is 0 Å². The molecule has 0 amide bonds. The van der Waals surface area contributed by atoms with Crippen LogP contribution in [0, 0.1) is 0 Å². The van der Waals surface area contributed by atoms with Crippen molar-refractivity contribution in [1.82, 2.24) is 0 Å². The third kappa shape index (κ3) is 4.15.